The first-order valence-corrected chi connectivity index (χ1v) is 15.7. The van der Waals surface area contributed by atoms with Crippen LogP contribution in [0.25, 0.3) is 27.8 Å². The lowest BCUT2D eigenvalue weighted by Gasteiger charge is -2.34. The second kappa shape index (κ2) is 11.1. The van der Waals surface area contributed by atoms with Gasteiger partial charge in [-0.15, -0.1) is 0 Å². The molecule has 0 spiro atoms. The van der Waals surface area contributed by atoms with Crippen molar-refractivity contribution < 1.29 is 9.59 Å². The van der Waals surface area contributed by atoms with Gasteiger partial charge in [0.25, 0.3) is 11.8 Å². The second-order valence-corrected chi connectivity index (χ2v) is 11.9. The number of hydrogen-bond donors (Lipinski definition) is 0. The Balaban J connectivity index is 1.23. The van der Waals surface area contributed by atoms with E-state index in [-0.39, 0.29) is 23.8 Å². The molecule has 4 heterocycles. The third-order valence-electron chi connectivity index (χ3n) is 9.33. The number of carbonyl (C=O) groups excluding carboxylic acids is 2. The topological polar surface area (TPSA) is 92.2 Å². The van der Waals surface area contributed by atoms with Gasteiger partial charge in [0.2, 0.25) is 0 Å². The maximum absolute atomic E-state index is 14.6. The maximum Gasteiger partial charge on any atom is 0.268 e. The van der Waals surface area contributed by atoms with Gasteiger partial charge in [0.15, 0.2) is 0 Å². The Hall–Kier alpha value is -6.54. The first kappa shape index (κ1) is 27.7. The highest BCUT2D eigenvalue weighted by atomic mass is 16.2. The number of imide groups is 1. The van der Waals surface area contributed by atoms with E-state index in [1.165, 1.54) is 17.6 Å². The van der Waals surface area contributed by atoms with Crippen molar-refractivity contribution in [2.45, 2.75) is 12.0 Å². The van der Waals surface area contributed by atoms with Crippen molar-refractivity contribution in [2.75, 3.05) is 9.80 Å². The normalized spacial score (nSPS) is 17.6. The summed E-state index contributed by atoms with van der Waals surface area (Å²) in [4.78, 5) is 49.6. The molecule has 2 amide bonds. The third-order valence-corrected chi connectivity index (χ3v) is 9.33. The number of hydrogen-bond acceptors (Lipinski definition) is 7. The second-order valence-electron chi connectivity index (χ2n) is 11.9. The van der Waals surface area contributed by atoms with Crippen molar-refractivity contribution in [3.05, 3.63) is 169 Å². The highest BCUT2D eigenvalue weighted by molar-refractivity contribution is 6.36. The lowest BCUT2D eigenvalue weighted by molar-refractivity contribution is 0.0926. The van der Waals surface area contributed by atoms with Crippen LogP contribution < -0.4 is 9.80 Å². The summed E-state index contributed by atoms with van der Waals surface area (Å²) in [5, 5.41) is 0. The summed E-state index contributed by atoms with van der Waals surface area (Å²) < 4.78 is 0. The third kappa shape index (κ3) is 4.23. The van der Waals surface area contributed by atoms with Gasteiger partial charge in [-0.3, -0.25) is 9.59 Å². The minimum atomic E-state index is -0.360. The summed E-state index contributed by atoms with van der Waals surface area (Å²) in [6.07, 6.45) is 16.6. The van der Waals surface area contributed by atoms with Gasteiger partial charge < -0.3 is 4.90 Å². The molecule has 228 valence electrons. The lowest BCUT2D eigenvalue weighted by Crippen LogP contribution is -2.34. The monoisotopic (exact) mass is 622 g/mol. The fraction of sp³-hybridized carbons (Fsp3) is 0.0500. The van der Waals surface area contributed by atoms with E-state index in [2.05, 4.69) is 55.2 Å². The number of fused-ring (bicyclic) bond motifs is 4. The Morgan fingerprint density at radius 2 is 1.29 bits per heavy atom. The van der Waals surface area contributed by atoms with Crippen molar-refractivity contribution in [1.82, 2.24) is 19.9 Å². The van der Waals surface area contributed by atoms with Crippen LogP contribution in [-0.2, 0) is 0 Å². The Labute approximate surface area is 276 Å². The van der Waals surface area contributed by atoms with Crippen molar-refractivity contribution in [1.29, 1.82) is 0 Å². The van der Waals surface area contributed by atoms with E-state index in [1.54, 1.807) is 18.5 Å². The van der Waals surface area contributed by atoms with Gasteiger partial charge in [-0.2, -0.15) is 0 Å². The summed E-state index contributed by atoms with van der Waals surface area (Å²) in [5.74, 6) is -0.758. The molecule has 2 unspecified atom stereocenters. The van der Waals surface area contributed by atoms with Crippen LogP contribution in [0.15, 0.2) is 147 Å². The SMILES string of the molecule is O=C1c2cccc(N3c4c(-c5cncnc5)cccc4C4C=CC=C(c5cncnc5)C43)c2C(=O)N1c1cccc(-c2ccccc2)c1. The highest BCUT2D eigenvalue weighted by Gasteiger charge is 2.47. The zero-order chi connectivity index (χ0) is 32.2. The minimum Gasteiger partial charge on any atom is -0.331 e. The molecule has 0 saturated heterocycles. The molecule has 4 aromatic carbocycles. The van der Waals surface area contributed by atoms with Crippen LogP contribution in [0.3, 0.4) is 0 Å². The van der Waals surface area contributed by atoms with Crippen LogP contribution in [0, 0.1) is 0 Å². The van der Waals surface area contributed by atoms with Gasteiger partial charge in [-0.1, -0.05) is 85.0 Å². The molecule has 8 heteroatoms. The number of carbonyl (C=O) groups is 2. The molecule has 3 aliphatic rings. The average molecular weight is 623 g/mol. The standard InChI is InChI=1S/C40H26N6O2/c47-39-34-16-7-17-35(36(34)40(48)45(39)29-11-4-10-26(18-29)25-8-2-1-3-9-25)46-37-30(27-19-41-23-42-20-27)12-5-14-32(37)33-15-6-13-31(38(33)46)28-21-43-24-44-22-28/h1-24,32,37H. The number of allylic oxidation sites excluding steroid dienone is 2. The Morgan fingerprint density at radius 1 is 0.604 bits per heavy atom. The molecule has 6 aromatic rings. The van der Waals surface area contributed by atoms with Crippen LogP contribution in [0.1, 0.15) is 37.8 Å². The van der Waals surface area contributed by atoms with Crippen LogP contribution >= 0.6 is 0 Å². The minimum absolute atomic E-state index is 0.0495. The molecule has 2 atom stereocenters. The zero-order valence-corrected chi connectivity index (χ0v) is 25.5. The molecule has 48 heavy (non-hydrogen) atoms. The smallest absolute Gasteiger partial charge is 0.268 e. The number of para-hydroxylation sites is 1. The molecular weight excluding hydrogens is 596 g/mol. The van der Waals surface area contributed by atoms with Gasteiger partial charge >= 0.3 is 0 Å². The number of rotatable bonds is 5. The zero-order valence-electron chi connectivity index (χ0n) is 25.5. The highest BCUT2D eigenvalue weighted by Crippen LogP contribution is 2.56. The number of benzene rings is 4. The number of anilines is 3. The van der Waals surface area contributed by atoms with Crippen molar-refractivity contribution in [3.63, 3.8) is 0 Å². The van der Waals surface area contributed by atoms with E-state index in [0.29, 0.717) is 22.5 Å². The van der Waals surface area contributed by atoms with Gasteiger partial charge in [-0.25, -0.2) is 24.8 Å². The summed E-state index contributed by atoms with van der Waals surface area (Å²) in [7, 11) is 0. The Kier molecular flexibility index (Phi) is 6.39. The van der Waals surface area contributed by atoms with E-state index in [0.717, 1.165) is 44.6 Å². The van der Waals surface area contributed by atoms with E-state index >= 15 is 0 Å². The molecule has 2 aliphatic heterocycles. The first-order valence-electron chi connectivity index (χ1n) is 15.7. The molecular formula is C40H26N6O2. The van der Waals surface area contributed by atoms with E-state index < -0.39 is 0 Å². The van der Waals surface area contributed by atoms with Crippen molar-refractivity contribution in [2.24, 2.45) is 0 Å². The van der Waals surface area contributed by atoms with E-state index in [1.807, 2.05) is 85.2 Å². The Morgan fingerprint density at radius 3 is 2.08 bits per heavy atom. The first-order chi connectivity index (χ1) is 23.7. The quantitative estimate of drug-likeness (QED) is 0.182. The van der Waals surface area contributed by atoms with Crippen LogP contribution in [-0.4, -0.2) is 37.8 Å². The van der Waals surface area contributed by atoms with Crippen LogP contribution in [0.5, 0.6) is 0 Å². The summed E-state index contributed by atoms with van der Waals surface area (Å²) in [6.45, 7) is 0. The predicted octanol–water partition coefficient (Wildman–Crippen LogP) is 7.66. The summed E-state index contributed by atoms with van der Waals surface area (Å²) >= 11 is 0. The molecule has 0 saturated carbocycles. The Bertz CT molecular complexity index is 2300. The van der Waals surface area contributed by atoms with Crippen LogP contribution in [0.4, 0.5) is 17.1 Å². The van der Waals surface area contributed by atoms with Gasteiger partial charge in [0, 0.05) is 47.4 Å². The van der Waals surface area contributed by atoms with Gasteiger partial charge in [0.1, 0.15) is 12.7 Å². The molecule has 0 bridgehead atoms. The number of nitrogens with zero attached hydrogens (tertiary/aromatic N) is 6. The average Bonchev–Trinajstić information content (AvgIpc) is 3.63. The molecule has 8 nitrogen and oxygen atoms in total. The molecule has 1 aliphatic carbocycles. The molecule has 9 rings (SSSR count). The van der Waals surface area contributed by atoms with Gasteiger partial charge in [0.05, 0.1) is 34.2 Å². The predicted molar refractivity (Wildman–Crippen MR) is 185 cm³/mol. The lowest BCUT2D eigenvalue weighted by atomic mass is 9.83. The molecule has 0 N–H and O–H groups in total. The molecule has 0 fully saturated rings. The van der Waals surface area contributed by atoms with Crippen LogP contribution in [0.2, 0.25) is 0 Å². The van der Waals surface area contributed by atoms with Crippen molar-refractivity contribution >= 4 is 34.4 Å². The van der Waals surface area contributed by atoms with E-state index in [9.17, 15) is 9.59 Å². The number of aromatic nitrogens is 4. The summed E-state index contributed by atoms with van der Waals surface area (Å²) in [6, 6.07) is 29.0. The maximum atomic E-state index is 14.6. The fourth-order valence-electron chi connectivity index (χ4n) is 7.30. The largest absolute Gasteiger partial charge is 0.331 e. The summed E-state index contributed by atoms with van der Waals surface area (Å²) in [5.41, 5.74) is 9.56. The molecule has 2 aromatic heterocycles. The van der Waals surface area contributed by atoms with E-state index in [4.69, 9.17) is 0 Å². The number of amides is 2. The van der Waals surface area contributed by atoms with Gasteiger partial charge in [-0.05, 0) is 46.5 Å². The molecule has 0 radical (unpaired) electrons. The van der Waals surface area contributed by atoms with Crippen molar-refractivity contribution in [3.8, 4) is 22.3 Å². The fourth-order valence-corrected chi connectivity index (χ4v) is 7.30.